The number of aromatic amines is 1. The molecule has 1 aromatic heterocycles. The predicted molar refractivity (Wildman–Crippen MR) is 125 cm³/mol. The van der Waals surface area contributed by atoms with E-state index < -0.39 is 6.17 Å². The van der Waals surface area contributed by atoms with Crippen LogP contribution in [0.15, 0.2) is 60.7 Å². The maximum Gasteiger partial charge on any atom is 0.179 e. The first-order chi connectivity index (χ1) is 16.6. The first-order valence-electron chi connectivity index (χ1n) is 11.1. The van der Waals surface area contributed by atoms with Gasteiger partial charge in [-0.15, -0.1) is 5.10 Å². The number of tetrazole rings is 1. The summed E-state index contributed by atoms with van der Waals surface area (Å²) in [5.41, 5.74) is 3.90. The van der Waals surface area contributed by atoms with Crippen molar-refractivity contribution in [3.8, 4) is 22.9 Å². The molecule has 0 radical (unpaired) electrons. The molecule has 0 aliphatic carbocycles. The van der Waals surface area contributed by atoms with Crippen molar-refractivity contribution in [3.05, 3.63) is 88.5 Å². The topological polar surface area (TPSA) is 101 Å². The fourth-order valence-electron chi connectivity index (χ4n) is 3.81. The molecule has 3 aromatic carbocycles. The molecule has 0 spiro atoms. The summed E-state index contributed by atoms with van der Waals surface area (Å²) in [6.45, 7) is 2.29. The van der Waals surface area contributed by atoms with Crippen LogP contribution in [-0.2, 0) is 24.2 Å². The van der Waals surface area contributed by atoms with Crippen LogP contribution >= 0.6 is 0 Å². The number of alkyl halides is 1. The van der Waals surface area contributed by atoms with E-state index in [1.165, 1.54) is 0 Å². The fourth-order valence-corrected chi connectivity index (χ4v) is 3.81. The van der Waals surface area contributed by atoms with Gasteiger partial charge >= 0.3 is 0 Å². The highest BCUT2D eigenvalue weighted by Gasteiger charge is 2.16. The Bertz CT molecular complexity index is 1240. The number of H-pyrrole nitrogens is 1. The Morgan fingerprint density at radius 2 is 1.94 bits per heavy atom. The number of carbonyl (C=O) groups is 1. The Morgan fingerprint density at radius 3 is 2.65 bits per heavy atom. The third kappa shape index (κ3) is 5.11. The summed E-state index contributed by atoms with van der Waals surface area (Å²) >= 11 is 0. The van der Waals surface area contributed by atoms with E-state index in [1.807, 2.05) is 25.1 Å². The lowest BCUT2D eigenvalue weighted by molar-refractivity contribution is -0.107. The van der Waals surface area contributed by atoms with Crippen LogP contribution < -0.4 is 4.74 Å². The minimum absolute atomic E-state index is 0.116. The molecule has 0 bridgehead atoms. The molecule has 174 valence electrons. The van der Waals surface area contributed by atoms with Gasteiger partial charge in [-0.2, -0.15) is 0 Å². The molecule has 0 saturated carbocycles. The molecule has 7 nitrogen and oxygen atoms in total. The van der Waals surface area contributed by atoms with E-state index in [2.05, 4.69) is 20.6 Å². The summed E-state index contributed by atoms with van der Waals surface area (Å²) in [6, 6.07) is 17.7. The second-order valence-electron chi connectivity index (χ2n) is 7.94. The molecule has 0 fully saturated rings. The number of hydrogen-bond donors (Lipinski definition) is 2. The number of phenolic OH excluding ortho intramolecular Hbond substituents is 1. The zero-order valence-electron chi connectivity index (χ0n) is 18.7. The van der Waals surface area contributed by atoms with Crippen molar-refractivity contribution < 1.29 is 19.0 Å². The number of nitrogens with one attached hydrogen (secondary N) is 1. The number of aldehydes is 1. The number of nitrogens with zero attached hydrogens (tertiary/aromatic N) is 3. The summed E-state index contributed by atoms with van der Waals surface area (Å²) < 4.78 is 21.2. The predicted octanol–water partition coefficient (Wildman–Crippen LogP) is 4.90. The number of aromatic nitrogens is 4. The van der Waals surface area contributed by atoms with Gasteiger partial charge in [0.25, 0.3) is 0 Å². The number of phenols is 1. The molecule has 4 rings (SSSR count). The number of benzene rings is 3. The normalized spacial score (nSPS) is 11.8. The lowest BCUT2D eigenvalue weighted by Crippen LogP contribution is -2.02. The van der Waals surface area contributed by atoms with Crippen molar-refractivity contribution in [1.82, 2.24) is 20.6 Å². The second kappa shape index (κ2) is 10.7. The van der Waals surface area contributed by atoms with Gasteiger partial charge in [0.2, 0.25) is 0 Å². The highest BCUT2D eigenvalue weighted by Crippen LogP contribution is 2.34. The Morgan fingerprint density at radius 1 is 1.12 bits per heavy atom. The third-order valence-corrected chi connectivity index (χ3v) is 5.59. The molecule has 8 heteroatoms. The van der Waals surface area contributed by atoms with Crippen molar-refractivity contribution in [2.75, 3.05) is 0 Å². The maximum absolute atomic E-state index is 15.2. The fraction of sp³-hybridized carbons (Fsp3) is 0.231. The van der Waals surface area contributed by atoms with E-state index in [1.54, 1.807) is 42.5 Å². The molecule has 0 amide bonds. The van der Waals surface area contributed by atoms with Gasteiger partial charge in [-0.1, -0.05) is 61.9 Å². The van der Waals surface area contributed by atoms with Gasteiger partial charge in [-0.3, -0.25) is 0 Å². The van der Waals surface area contributed by atoms with Gasteiger partial charge < -0.3 is 14.6 Å². The molecule has 4 aromatic rings. The van der Waals surface area contributed by atoms with E-state index in [9.17, 15) is 9.90 Å². The highest BCUT2D eigenvalue weighted by atomic mass is 19.1. The summed E-state index contributed by atoms with van der Waals surface area (Å²) in [5, 5.41) is 24.2. The van der Waals surface area contributed by atoms with Crippen molar-refractivity contribution >= 4 is 6.29 Å². The van der Waals surface area contributed by atoms with Gasteiger partial charge in [-0.25, -0.2) is 9.49 Å². The minimum Gasteiger partial charge on any atom is -0.507 e. The van der Waals surface area contributed by atoms with Gasteiger partial charge in [-0.05, 0) is 45.7 Å². The second-order valence-corrected chi connectivity index (χ2v) is 7.94. The molecule has 2 N–H and O–H groups in total. The molecule has 0 aliphatic rings. The van der Waals surface area contributed by atoms with Crippen LogP contribution in [-0.4, -0.2) is 32.0 Å². The Balaban J connectivity index is 1.46. The van der Waals surface area contributed by atoms with Crippen molar-refractivity contribution in [2.24, 2.45) is 0 Å². The average molecular weight is 461 g/mol. The first kappa shape index (κ1) is 23.1. The zero-order valence-corrected chi connectivity index (χ0v) is 18.7. The molecule has 0 saturated heterocycles. The van der Waals surface area contributed by atoms with Crippen LogP contribution in [0.3, 0.4) is 0 Å². The van der Waals surface area contributed by atoms with Crippen LogP contribution in [0.2, 0.25) is 0 Å². The Hall–Kier alpha value is -4.07. The lowest BCUT2D eigenvalue weighted by Gasteiger charge is -2.15. The standard InChI is InChI=1S/C26H25FN4O3/c1-2-4-22-23(12-11-19(13-14-32)25(22)33)34-16-17-7-9-18(10-8-17)24(27)20-5-3-6-21(15-20)26-28-30-31-29-26/h3,5-12,14-15,24,33H,2,4,13,16H2,1H3,(H,28,29,30,31). The number of carbonyl (C=O) groups excluding carboxylic acids is 1. The Kier molecular flexibility index (Phi) is 7.27. The molecule has 1 atom stereocenters. The summed E-state index contributed by atoms with van der Waals surface area (Å²) in [4.78, 5) is 10.8. The van der Waals surface area contributed by atoms with Gasteiger partial charge in [0.1, 0.15) is 24.4 Å². The summed E-state index contributed by atoms with van der Waals surface area (Å²) in [6.07, 6.45) is 1.10. The highest BCUT2D eigenvalue weighted by molar-refractivity contribution is 5.60. The van der Waals surface area contributed by atoms with E-state index in [0.29, 0.717) is 45.8 Å². The van der Waals surface area contributed by atoms with Crippen LogP contribution in [0, 0.1) is 0 Å². The lowest BCUT2D eigenvalue weighted by atomic mass is 9.99. The van der Waals surface area contributed by atoms with Crippen molar-refractivity contribution in [2.45, 2.75) is 39.0 Å². The van der Waals surface area contributed by atoms with Gasteiger partial charge in [0, 0.05) is 23.1 Å². The maximum atomic E-state index is 15.2. The largest absolute Gasteiger partial charge is 0.507 e. The first-order valence-corrected chi connectivity index (χ1v) is 11.1. The number of aromatic hydroxyl groups is 1. The van der Waals surface area contributed by atoms with Crippen LogP contribution in [0.4, 0.5) is 4.39 Å². The van der Waals surface area contributed by atoms with E-state index in [-0.39, 0.29) is 18.8 Å². The number of hydrogen-bond acceptors (Lipinski definition) is 6. The molecule has 1 unspecified atom stereocenters. The zero-order chi connectivity index (χ0) is 23.9. The Labute approximate surface area is 196 Å². The van der Waals surface area contributed by atoms with Crippen molar-refractivity contribution in [1.29, 1.82) is 0 Å². The number of rotatable bonds is 10. The molecule has 34 heavy (non-hydrogen) atoms. The number of ether oxygens (including phenoxy) is 1. The molecule has 1 heterocycles. The van der Waals surface area contributed by atoms with Crippen molar-refractivity contribution in [3.63, 3.8) is 0 Å². The third-order valence-electron chi connectivity index (χ3n) is 5.59. The quantitative estimate of drug-likeness (QED) is 0.326. The van der Waals surface area contributed by atoms with Crippen LogP contribution in [0.25, 0.3) is 11.4 Å². The van der Waals surface area contributed by atoms with E-state index >= 15 is 4.39 Å². The monoisotopic (exact) mass is 460 g/mol. The number of halogens is 1. The van der Waals surface area contributed by atoms with Gasteiger partial charge in [0.15, 0.2) is 12.0 Å². The summed E-state index contributed by atoms with van der Waals surface area (Å²) in [5.74, 6) is 1.18. The minimum atomic E-state index is -1.30. The van der Waals surface area contributed by atoms with Crippen LogP contribution in [0.5, 0.6) is 11.5 Å². The van der Waals surface area contributed by atoms with E-state index in [0.717, 1.165) is 18.3 Å². The smallest absolute Gasteiger partial charge is 0.179 e. The molecule has 0 aliphatic heterocycles. The SMILES string of the molecule is CCCc1c(OCc2ccc(C(F)c3cccc(-c4nnn[nH]4)c3)cc2)ccc(CC=O)c1O. The average Bonchev–Trinajstić information content (AvgIpc) is 3.41. The van der Waals surface area contributed by atoms with Crippen LogP contribution in [0.1, 0.15) is 47.3 Å². The van der Waals surface area contributed by atoms with E-state index in [4.69, 9.17) is 4.74 Å². The van der Waals surface area contributed by atoms with Gasteiger partial charge in [0.05, 0.1) is 0 Å². The molecular formula is C26H25FN4O3. The summed E-state index contributed by atoms with van der Waals surface area (Å²) in [7, 11) is 0. The molecular weight excluding hydrogens is 435 g/mol.